The summed E-state index contributed by atoms with van der Waals surface area (Å²) in [5, 5.41) is 2.69. The van der Waals surface area contributed by atoms with Gasteiger partial charge in [-0.05, 0) is 30.9 Å². The number of morpholine rings is 1. The molecule has 1 aromatic rings. The first-order chi connectivity index (χ1) is 12.5. The van der Waals surface area contributed by atoms with Crippen molar-refractivity contribution in [1.82, 2.24) is 15.1 Å². The lowest BCUT2D eigenvalue weighted by Crippen LogP contribution is -2.54. The molecule has 0 spiro atoms. The molecule has 0 radical (unpaired) electrons. The van der Waals surface area contributed by atoms with Crippen molar-refractivity contribution in [1.29, 1.82) is 0 Å². The minimum Gasteiger partial charge on any atom is -0.356 e. The van der Waals surface area contributed by atoms with E-state index in [1.165, 1.54) is 0 Å². The molecule has 7 nitrogen and oxygen atoms in total. The van der Waals surface area contributed by atoms with Gasteiger partial charge in [-0.2, -0.15) is 0 Å². The van der Waals surface area contributed by atoms with Gasteiger partial charge in [0.25, 0.3) is 5.91 Å². The quantitative estimate of drug-likeness (QED) is 0.855. The van der Waals surface area contributed by atoms with Gasteiger partial charge in [-0.15, -0.1) is 0 Å². The van der Waals surface area contributed by atoms with Crippen LogP contribution in [0.5, 0.6) is 0 Å². The average molecular weight is 359 g/mol. The summed E-state index contributed by atoms with van der Waals surface area (Å²) in [5.41, 5.74) is 1.85. The van der Waals surface area contributed by atoms with Crippen molar-refractivity contribution < 1.29 is 19.1 Å². The Morgan fingerprint density at radius 3 is 2.62 bits per heavy atom. The monoisotopic (exact) mass is 359 g/mol. The third-order valence-corrected chi connectivity index (χ3v) is 5.12. The van der Waals surface area contributed by atoms with E-state index in [1.807, 2.05) is 31.2 Å². The van der Waals surface area contributed by atoms with Crippen molar-refractivity contribution in [3.05, 3.63) is 35.4 Å². The van der Waals surface area contributed by atoms with Gasteiger partial charge in [0.1, 0.15) is 6.61 Å². The molecule has 0 saturated carbocycles. The van der Waals surface area contributed by atoms with E-state index in [9.17, 15) is 14.4 Å². The highest BCUT2D eigenvalue weighted by Gasteiger charge is 2.40. The first kappa shape index (κ1) is 18.4. The zero-order chi connectivity index (χ0) is 18.7. The number of hydrogen-bond acceptors (Lipinski definition) is 4. The lowest BCUT2D eigenvalue weighted by molar-refractivity contribution is -0.162. The number of carbonyl (C=O) groups is 3. The van der Waals surface area contributed by atoms with Crippen LogP contribution in [-0.2, 0) is 19.1 Å². The number of nitrogens with zero attached hydrogens (tertiary/aromatic N) is 2. The molecule has 0 aromatic heterocycles. The minimum absolute atomic E-state index is 0.0448. The van der Waals surface area contributed by atoms with Gasteiger partial charge in [-0.3, -0.25) is 14.4 Å². The molecule has 7 heteroatoms. The third-order valence-electron chi connectivity index (χ3n) is 5.12. The highest BCUT2D eigenvalue weighted by Crippen LogP contribution is 2.31. The predicted molar refractivity (Wildman–Crippen MR) is 95.3 cm³/mol. The van der Waals surface area contributed by atoms with Crippen molar-refractivity contribution in [2.24, 2.45) is 0 Å². The van der Waals surface area contributed by atoms with Crippen LogP contribution in [0, 0.1) is 6.92 Å². The van der Waals surface area contributed by atoms with Gasteiger partial charge >= 0.3 is 0 Å². The van der Waals surface area contributed by atoms with Gasteiger partial charge in [-0.1, -0.05) is 24.3 Å². The molecule has 2 saturated heterocycles. The highest BCUT2D eigenvalue weighted by molar-refractivity contribution is 5.89. The molecular formula is C19H25N3O4. The molecule has 26 heavy (non-hydrogen) atoms. The lowest BCUT2D eigenvalue weighted by atomic mass is 9.94. The zero-order valence-corrected chi connectivity index (χ0v) is 15.2. The van der Waals surface area contributed by atoms with Gasteiger partial charge in [0.05, 0.1) is 12.6 Å². The lowest BCUT2D eigenvalue weighted by Gasteiger charge is -2.38. The van der Waals surface area contributed by atoms with Gasteiger partial charge < -0.3 is 19.9 Å². The van der Waals surface area contributed by atoms with Crippen LogP contribution in [0.3, 0.4) is 0 Å². The second-order valence-electron chi connectivity index (χ2n) is 6.84. The van der Waals surface area contributed by atoms with Crippen LogP contribution in [0.4, 0.5) is 0 Å². The minimum atomic E-state index is -0.842. The fraction of sp³-hybridized carbons (Fsp3) is 0.526. The Balaban J connectivity index is 1.73. The Bertz CT molecular complexity index is 700. The van der Waals surface area contributed by atoms with Crippen LogP contribution in [0.15, 0.2) is 24.3 Å². The molecule has 0 unspecified atom stereocenters. The maximum Gasteiger partial charge on any atom is 0.252 e. The van der Waals surface area contributed by atoms with E-state index in [2.05, 4.69) is 5.32 Å². The first-order valence-electron chi connectivity index (χ1n) is 8.97. The molecule has 2 atom stereocenters. The summed E-state index contributed by atoms with van der Waals surface area (Å²) in [5.74, 6) is -0.621. The Labute approximate surface area is 153 Å². The van der Waals surface area contributed by atoms with Crippen molar-refractivity contribution in [3.8, 4) is 0 Å². The van der Waals surface area contributed by atoms with Crippen LogP contribution < -0.4 is 5.32 Å². The topological polar surface area (TPSA) is 79.0 Å². The van der Waals surface area contributed by atoms with E-state index >= 15 is 0 Å². The summed E-state index contributed by atoms with van der Waals surface area (Å²) in [7, 11) is 1.68. The number of rotatable bonds is 4. The molecule has 2 heterocycles. The molecule has 3 amide bonds. The molecule has 0 aliphatic carbocycles. The summed E-state index contributed by atoms with van der Waals surface area (Å²) in [6.45, 7) is 3.25. The number of hydrogen-bond donors (Lipinski definition) is 1. The van der Waals surface area contributed by atoms with E-state index in [0.717, 1.165) is 37.1 Å². The van der Waals surface area contributed by atoms with Crippen molar-refractivity contribution in [3.63, 3.8) is 0 Å². The van der Waals surface area contributed by atoms with Crippen LogP contribution >= 0.6 is 0 Å². The molecule has 2 fully saturated rings. The molecule has 0 bridgehead atoms. The summed E-state index contributed by atoms with van der Waals surface area (Å²) < 4.78 is 5.57. The van der Waals surface area contributed by atoms with Crippen LogP contribution in [0.1, 0.15) is 30.0 Å². The van der Waals surface area contributed by atoms with Gasteiger partial charge in [0, 0.05) is 20.1 Å². The molecular weight excluding hydrogens is 334 g/mol. The molecule has 140 valence electrons. The molecule has 3 rings (SSSR count). The predicted octanol–water partition coefficient (Wildman–Crippen LogP) is 0.632. The van der Waals surface area contributed by atoms with E-state index in [4.69, 9.17) is 4.74 Å². The van der Waals surface area contributed by atoms with Crippen molar-refractivity contribution in [2.75, 3.05) is 33.3 Å². The number of nitrogens with one attached hydrogen (secondary N) is 1. The molecule has 1 N–H and O–H groups in total. The zero-order valence-electron chi connectivity index (χ0n) is 15.2. The smallest absolute Gasteiger partial charge is 0.252 e. The van der Waals surface area contributed by atoms with E-state index < -0.39 is 12.1 Å². The SMILES string of the molecule is Cc1ccccc1[C@@H]1[C@@H](C(=O)NCC(=O)N2CCCC2)OCC(=O)N1C. The second kappa shape index (κ2) is 7.86. The van der Waals surface area contributed by atoms with Crippen LogP contribution in [0.25, 0.3) is 0 Å². The Kier molecular flexibility index (Phi) is 5.56. The Morgan fingerprint density at radius 2 is 1.92 bits per heavy atom. The summed E-state index contributed by atoms with van der Waals surface area (Å²) in [4.78, 5) is 40.3. The first-order valence-corrected chi connectivity index (χ1v) is 8.97. The number of ether oxygens (including phenoxy) is 1. The third kappa shape index (κ3) is 3.72. The standard InChI is InChI=1S/C19H25N3O4/c1-13-7-3-4-8-14(13)17-18(26-12-16(24)21(17)2)19(25)20-11-15(23)22-9-5-6-10-22/h3-4,7-8,17-18H,5-6,9-12H2,1-2H3,(H,20,25)/t17-,18+/m1/s1. The number of amides is 3. The maximum absolute atomic E-state index is 12.7. The molecule has 1 aromatic carbocycles. The van der Waals surface area contributed by atoms with E-state index in [-0.39, 0.29) is 30.9 Å². The molecule has 2 aliphatic rings. The number of likely N-dealkylation sites (tertiary alicyclic amines) is 1. The summed E-state index contributed by atoms with van der Waals surface area (Å²) in [6.07, 6.45) is 1.17. The van der Waals surface area contributed by atoms with Crippen molar-refractivity contribution >= 4 is 17.7 Å². The normalized spacial score (nSPS) is 23.2. The Hall–Kier alpha value is -2.41. The summed E-state index contributed by atoms with van der Waals surface area (Å²) in [6, 6.07) is 7.11. The fourth-order valence-electron chi connectivity index (χ4n) is 3.56. The van der Waals surface area contributed by atoms with Crippen molar-refractivity contribution in [2.45, 2.75) is 31.9 Å². The van der Waals surface area contributed by atoms with Crippen LogP contribution in [0.2, 0.25) is 0 Å². The van der Waals surface area contributed by atoms with Crippen LogP contribution in [-0.4, -0.2) is 66.9 Å². The average Bonchev–Trinajstić information content (AvgIpc) is 3.17. The Morgan fingerprint density at radius 1 is 1.23 bits per heavy atom. The number of benzene rings is 1. The number of likely N-dealkylation sites (N-methyl/N-ethyl adjacent to an activating group) is 1. The van der Waals surface area contributed by atoms with E-state index in [0.29, 0.717) is 0 Å². The summed E-state index contributed by atoms with van der Waals surface area (Å²) >= 11 is 0. The highest BCUT2D eigenvalue weighted by atomic mass is 16.5. The van der Waals surface area contributed by atoms with Gasteiger partial charge in [0.15, 0.2) is 6.10 Å². The largest absolute Gasteiger partial charge is 0.356 e. The fourth-order valence-corrected chi connectivity index (χ4v) is 3.56. The number of carbonyl (C=O) groups excluding carboxylic acids is 3. The van der Waals surface area contributed by atoms with Gasteiger partial charge in [0.2, 0.25) is 11.8 Å². The molecule has 2 aliphatic heterocycles. The van der Waals surface area contributed by atoms with Gasteiger partial charge in [-0.25, -0.2) is 0 Å². The van der Waals surface area contributed by atoms with E-state index in [1.54, 1.807) is 16.8 Å². The maximum atomic E-state index is 12.7. The second-order valence-corrected chi connectivity index (χ2v) is 6.84. The number of aryl methyl sites for hydroxylation is 1.